The van der Waals surface area contributed by atoms with Gasteiger partial charge in [-0.05, 0) is 59.7 Å². The molecule has 2 heterocycles. The molecule has 1 N–H and O–H groups in total. The molecule has 0 bridgehead atoms. The van der Waals surface area contributed by atoms with Crippen LogP contribution in [0.3, 0.4) is 0 Å². The fraction of sp³-hybridized carbons (Fsp3) is 0.214. The second-order valence-electron chi connectivity index (χ2n) is 9.29. The van der Waals surface area contributed by atoms with E-state index in [4.69, 9.17) is 16.3 Å². The summed E-state index contributed by atoms with van der Waals surface area (Å²) in [4.78, 5) is 15.6. The van der Waals surface area contributed by atoms with Crippen molar-refractivity contribution in [2.24, 2.45) is 0 Å². The molecule has 4 aromatic rings. The van der Waals surface area contributed by atoms with Crippen LogP contribution in [0.25, 0.3) is 16.8 Å². The Morgan fingerprint density at radius 3 is 2.25 bits per heavy atom. The Morgan fingerprint density at radius 2 is 1.62 bits per heavy atom. The highest BCUT2D eigenvalue weighted by molar-refractivity contribution is 7.88. The summed E-state index contributed by atoms with van der Waals surface area (Å²) in [5.74, 6) is -0.0594. The van der Waals surface area contributed by atoms with Gasteiger partial charge in [0.15, 0.2) is 0 Å². The van der Waals surface area contributed by atoms with E-state index in [0.29, 0.717) is 35.2 Å². The largest absolute Gasteiger partial charge is 0.449 e. The Balaban J connectivity index is 1.49. The number of rotatable bonds is 7. The first-order chi connectivity index (χ1) is 19.1. The zero-order chi connectivity index (χ0) is 28.4. The molecule has 1 aliphatic rings. The lowest BCUT2D eigenvalue weighted by Gasteiger charge is -2.35. The van der Waals surface area contributed by atoms with Crippen molar-refractivity contribution >= 4 is 27.3 Å². The molecule has 0 saturated carbocycles. The predicted molar refractivity (Wildman–Crippen MR) is 151 cm³/mol. The Morgan fingerprint density at radius 1 is 0.975 bits per heavy atom. The first-order valence-electron chi connectivity index (χ1n) is 12.4. The number of halogens is 2. The normalized spacial score (nSPS) is 14.3. The van der Waals surface area contributed by atoms with Gasteiger partial charge in [0.05, 0.1) is 24.7 Å². The van der Waals surface area contributed by atoms with E-state index < -0.39 is 28.0 Å². The summed E-state index contributed by atoms with van der Waals surface area (Å²) in [6, 6.07) is 18.1. The van der Waals surface area contributed by atoms with Crippen molar-refractivity contribution in [3.8, 4) is 28.3 Å². The first kappa shape index (κ1) is 27.8. The van der Waals surface area contributed by atoms with E-state index in [1.165, 1.54) is 27.5 Å². The summed E-state index contributed by atoms with van der Waals surface area (Å²) in [6.45, 7) is 0.823. The molecule has 1 aliphatic heterocycles. The summed E-state index contributed by atoms with van der Waals surface area (Å²) in [5.41, 5.74) is 2.12. The number of piperazine rings is 1. The summed E-state index contributed by atoms with van der Waals surface area (Å²) in [6.07, 6.45) is 2.71. The highest BCUT2D eigenvalue weighted by Crippen LogP contribution is 2.32. The van der Waals surface area contributed by atoms with Gasteiger partial charge >= 0.3 is 5.56 Å². The summed E-state index contributed by atoms with van der Waals surface area (Å²) in [7, 11) is -3.33. The summed E-state index contributed by atoms with van der Waals surface area (Å²) in [5, 5.41) is 14.3. The SMILES string of the molecule is CS(=O)(=O)N1CCN(c2cnn(-c3ccc(Cl)cc3)c(=O)c2Oc2ccc(-c3ccc(F)c(CO)c3)cc2)CC1. The zero-order valence-electron chi connectivity index (χ0n) is 21.5. The molecular weight excluding hydrogens is 559 g/mol. The van der Waals surface area contributed by atoms with Crippen molar-refractivity contribution < 1.29 is 22.7 Å². The highest BCUT2D eigenvalue weighted by Gasteiger charge is 2.27. The smallest absolute Gasteiger partial charge is 0.316 e. The van der Waals surface area contributed by atoms with Crippen LogP contribution < -0.4 is 15.2 Å². The van der Waals surface area contributed by atoms with Gasteiger partial charge in [-0.3, -0.25) is 4.79 Å². The molecule has 40 heavy (non-hydrogen) atoms. The number of aliphatic hydroxyl groups excluding tert-OH is 1. The van der Waals surface area contributed by atoms with Crippen molar-refractivity contribution in [2.45, 2.75) is 6.61 Å². The van der Waals surface area contributed by atoms with Gasteiger partial charge in [0, 0.05) is 36.8 Å². The molecule has 0 radical (unpaired) electrons. The van der Waals surface area contributed by atoms with Crippen LogP contribution >= 0.6 is 11.6 Å². The maximum Gasteiger partial charge on any atom is 0.316 e. The summed E-state index contributed by atoms with van der Waals surface area (Å²) < 4.78 is 46.5. The van der Waals surface area contributed by atoms with Gasteiger partial charge in [0.1, 0.15) is 17.3 Å². The monoisotopic (exact) mass is 584 g/mol. The van der Waals surface area contributed by atoms with Gasteiger partial charge in [0.25, 0.3) is 0 Å². The van der Waals surface area contributed by atoms with E-state index in [0.717, 1.165) is 11.1 Å². The number of hydrogen-bond acceptors (Lipinski definition) is 7. The zero-order valence-corrected chi connectivity index (χ0v) is 23.1. The minimum absolute atomic E-state index is 0.0369. The third-order valence-electron chi connectivity index (χ3n) is 6.66. The Kier molecular flexibility index (Phi) is 7.90. The molecule has 3 aromatic carbocycles. The van der Waals surface area contributed by atoms with Gasteiger partial charge in [-0.2, -0.15) is 14.1 Å². The van der Waals surface area contributed by atoms with E-state index in [-0.39, 0.29) is 24.4 Å². The standard InChI is InChI=1S/C28H26ClFN4O5S/c1-40(37,38)33-14-12-32(13-15-33)26-17-31-34(23-7-5-22(29)6-8-23)28(36)27(26)39-24-9-2-19(3-10-24)20-4-11-25(30)21(16-20)18-35/h2-11,16-17,35H,12-15,18H2,1H3. The average molecular weight is 585 g/mol. The predicted octanol–water partition coefficient (Wildman–Crippen LogP) is 4.06. The minimum Gasteiger partial charge on any atom is -0.449 e. The molecule has 0 atom stereocenters. The quantitative estimate of drug-likeness (QED) is 0.349. The average Bonchev–Trinajstić information content (AvgIpc) is 2.95. The summed E-state index contributed by atoms with van der Waals surface area (Å²) >= 11 is 6.01. The maximum absolute atomic E-state index is 13.8. The molecule has 0 spiro atoms. The van der Waals surface area contributed by atoms with Crippen LogP contribution in [0.1, 0.15) is 5.56 Å². The third-order valence-corrected chi connectivity index (χ3v) is 8.21. The molecule has 208 valence electrons. The van der Waals surface area contributed by atoms with Crippen molar-refractivity contribution in [3.05, 3.63) is 99.7 Å². The number of hydrogen-bond donors (Lipinski definition) is 1. The fourth-order valence-corrected chi connectivity index (χ4v) is 5.44. The van der Waals surface area contributed by atoms with Crippen molar-refractivity contribution in [1.82, 2.24) is 14.1 Å². The van der Waals surface area contributed by atoms with Crippen LogP contribution in [0.15, 0.2) is 77.7 Å². The lowest BCUT2D eigenvalue weighted by atomic mass is 10.0. The highest BCUT2D eigenvalue weighted by atomic mass is 35.5. The van der Waals surface area contributed by atoms with Gasteiger partial charge in [-0.25, -0.2) is 12.8 Å². The Labute approximate surface area is 235 Å². The number of aromatic nitrogens is 2. The van der Waals surface area contributed by atoms with Crippen molar-refractivity contribution in [1.29, 1.82) is 0 Å². The van der Waals surface area contributed by atoms with Crippen LogP contribution in [0.5, 0.6) is 11.5 Å². The molecule has 5 rings (SSSR count). The number of ether oxygens (including phenoxy) is 1. The van der Waals surface area contributed by atoms with Crippen LogP contribution in [0.4, 0.5) is 10.1 Å². The fourth-order valence-electron chi connectivity index (χ4n) is 4.49. The number of sulfonamides is 1. The first-order valence-corrected chi connectivity index (χ1v) is 14.6. The second-order valence-corrected chi connectivity index (χ2v) is 11.7. The van der Waals surface area contributed by atoms with E-state index >= 15 is 0 Å². The minimum atomic E-state index is -3.33. The molecule has 0 unspecified atom stereocenters. The number of anilines is 1. The topological polar surface area (TPSA) is 105 Å². The van der Waals surface area contributed by atoms with E-state index in [2.05, 4.69) is 5.10 Å². The molecule has 1 aromatic heterocycles. The second kappa shape index (κ2) is 11.4. The molecule has 12 heteroatoms. The van der Waals surface area contributed by atoms with E-state index in [9.17, 15) is 22.7 Å². The van der Waals surface area contributed by atoms with Crippen LogP contribution in [-0.4, -0.2) is 60.0 Å². The molecule has 9 nitrogen and oxygen atoms in total. The molecule has 0 amide bonds. The third kappa shape index (κ3) is 5.87. The molecule has 1 fully saturated rings. The molecule has 1 saturated heterocycles. The Hall–Kier alpha value is -3.77. The van der Waals surface area contributed by atoms with Gasteiger partial charge in [-0.1, -0.05) is 29.8 Å². The van der Waals surface area contributed by atoms with Crippen molar-refractivity contribution in [2.75, 3.05) is 37.3 Å². The maximum atomic E-state index is 13.8. The lowest BCUT2D eigenvalue weighted by molar-refractivity contribution is 0.276. The number of nitrogens with zero attached hydrogens (tertiary/aromatic N) is 4. The van der Waals surface area contributed by atoms with Crippen LogP contribution in [-0.2, 0) is 16.6 Å². The van der Waals surface area contributed by atoms with E-state index in [1.54, 1.807) is 60.7 Å². The van der Waals surface area contributed by atoms with E-state index in [1.807, 2.05) is 4.90 Å². The molecule has 0 aliphatic carbocycles. The van der Waals surface area contributed by atoms with Crippen LogP contribution in [0, 0.1) is 5.82 Å². The van der Waals surface area contributed by atoms with Gasteiger partial charge < -0.3 is 14.7 Å². The number of aliphatic hydroxyl groups is 1. The Bertz CT molecular complexity index is 1690. The molecular formula is C28H26ClFN4O5S. The lowest BCUT2D eigenvalue weighted by Crippen LogP contribution is -2.48. The van der Waals surface area contributed by atoms with Crippen LogP contribution in [0.2, 0.25) is 5.02 Å². The number of benzene rings is 3. The van der Waals surface area contributed by atoms with Crippen molar-refractivity contribution in [3.63, 3.8) is 0 Å². The van der Waals surface area contributed by atoms with Gasteiger partial charge in [-0.15, -0.1) is 0 Å². The van der Waals surface area contributed by atoms with Gasteiger partial charge in [0.2, 0.25) is 15.8 Å².